The number of amides is 1. The van der Waals surface area contributed by atoms with Crippen molar-refractivity contribution in [2.75, 3.05) is 17.6 Å². The third-order valence-corrected chi connectivity index (χ3v) is 2.63. The van der Waals surface area contributed by atoms with Crippen molar-refractivity contribution in [3.63, 3.8) is 0 Å². The molecule has 1 unspecified atom stereocenters. The second kappa shape index (κ2) is 4.40. The van der Waals surface area contributed by atoms with Gasteiger partial charge in [0, 0.05) is 17.9 Å². The fraction of sp³-hybridized carbons (Fsp3) is 0.364. The van der Waals surface area contributed by atoms with Gasteiger partial charge in [0.25, 0.3) is 0 Å². The van der Waals surface area contributed by atoms with E-state index in [4.69, 9.17) is 5.73 Å². The smallest absolute Gasteiger partial charge is 0.234 e. The Kier molecular flexibility index (Phi) is 2.96. The number of anilines is 2. The van der Waals surface area contributed by atoms with Gasteiger partial charge in [-0.05, 0) is 31.0 Å². The summed E-state index contributed by atoms with van der Waals surface area (Å²) in [4.78, 5) is 11.5. The molecule has 0 aromatic heterocycles. The molecule has 5 heteroatoms. The molecule has 0 radical (unpaired) electrons. The molecule has 0 aliphatic carbocycles. The minimum atomic E-state index is -0.423. The van der Waals surface area contributed by atoms with Crippen LogP contribution >= 0.6 is 0 Å². The Labute approximate surface area is 93.8 Å². The molecule has 2 rings (SSSR count). The second-order valence-electron chi connectivity index (χ2n) is 3.90. The highest BCUT2D eigenvalue weighted by Crippen LogP contribution is 2.18. The summed E-state index contributed by atoms with van der Waals surface area (Å²) < 4.78 is 0. The Balaban J connectivity index is 2.06. The second-order valence-corrected chi connectivity index (χ2v) is 3.90. The molecule has 1 aliphatic heterocycles. The van der Waals surface area contributed by atoms with Crippen LogP contribution in [-0.4, -0.2) is 23.6 Å². The van der Waals surface area contributed by atoms with E-state index < -0.39 is 11.9 Å². The summed E-state index contributed by atoms with van der Waals surface area (Å²) in [5.74, 6) is -0.395. The minimum Gasteiger partial charge on any atom is -0.756 e. The van der Waals surface area contributed by atoms with Gasteiger partial charge in [0.05, 0.1) is 0 Å². The molecule has 1 aliphatic rings. The molecule has 1 amide bonds. The van der Waals surface area contributed by atoms with Gasteiger partial charge < -0.3 is 21.3 Å². The van der Waals surface area contributed by atoms with Gasteiger partial charge in [0.1, 0.15) is 6.04 Å². The molecule has 0 spiro atoms. The lowest BCUT2D eigenvalue weighted by atomic mass is 10.1. The zero-order chi connectivity index (χ0) is 11.5. The number of hydrogen-bond donors (Lipinski definition) is 2. The van der Waals surface area contributed by atoms with Crippen LogP contribution in [0.3, 0.4) is 0 Å². The van der Waals surface area contributed by atoms with E-state index in [1.165, 1.54) is 0 Å². The lowest BCUT2D eigenvalue weighted by molar-refractivity contribution is -0.131. The van der Waals surface area contributed by atoms with E-state index in [1.807, 2.05) is 6.07 Å². The third-order valence-electron chi connectivity index (χ3n) is 2.63. The van der Waals surface area contributed by atoms with Gasteiger partial charge in [-0.3, -0.25) is 4.79 Å². The monoisotopic (exact) mass is 220 g/mol. The number of nitrogens with two attached hydrogens (primary N) is 1. The molecule has 16 heavy (non-hydrogen) atoms. The van der Waals surface area contributed by atoms with E-state index in [2.05, 4.69) is 5.32 Å². The van der Waals surface area contributed by atoms with E-state index in [-0.39, 0.29) is 0 Å². The summed E-state index contributed by atoms with van der Waals surface area (Å²) >= 11 is 0. The molecule has 1 aromatic carbocycles. The average Bonchev–Trinajstić information content (AvgIpc) is 2.25. The number of carbonyl (C=O) groups excluding carboxylic acids is 1. The van der Waals surface area contributed by atoms with Gasteiger partial charge >= 0.3 is 0 Å². The van der Waals surface area contributed by atoms with Crippen LogP contribution in [0.25, 0.3) is 0 Å². The third kappa shape index (κ3) is 2.25. The van der Waals surface area contributed by atoms with Gasteiger partial charge in [-0.25, -0.2) is 0 Å². The minimum absolute atomic E-state index is 0.300. The molecule has 86 valence electrons. The Morgan fingerprint density at radius 2 is 2.31 bits per heavy atom. The van der Waals surface area contributed by atoms with Crippen molar-refractivity contribution < 1.29 is 4.79 Å². The predicted octanol–water partition coefficient (Wildman–Crippen LogP) is 1.17. The normalized spacial score (nSPS) is 20.9. The Hall–Kier alpha value is -1.75. The number of nitrogen functional groups attached to an aromatic ring is 1. The first-order valence-electron chi connectivity index (χ1n) is 5.27. The molecular weight excluding hydrogens is 206 g/mol. The van der Waals surface area contributed by atoms with Crippen LogP contribution in [0.2, 0.25) is 0 Å². The molecule has 1 heterocycles. The zero-order valence-corrected chi connectivity index (χ0v) is 8.85. The van der Waals surface area contributed by atoms with Gasteiger partial charge in [-0.15, -0.1) is 0 Å². The van der Waals surface area contributed by atoms with E-state index in [0.717, 1.165) is 12.1 Å². The van der Waals surface area contributed by atoms with Crippen molar-refractivity contribution in [2.45, 2.75) is 18.9 Å². The number of benzene rings is 1. The van der Waals surface area contributed by atoms with Crippen LogP contribution in [-0.2, 0) is 4.79 Å². The summed E-state index contributed by atoms with van der Waals surface area (Å²) in [7, 11) is 0. The molecule has 1 atom stereocenters. The van der Waals surface area contributed by atoms with Gasteiger partial charge in [-0.1, -0.05) is 6.07 Å². The molecule has 1 aromatic rings. The number of nitrogens with zero attached hydrogens (tertiary/aromatic N) is 1. The van der Waals surface area contributed by atoms with Crippen LogP contribution in [0.5, 0.6) is 0 Å². The first kappa shape index (κ1) is 10.8. The Bertz CT molecular complexity index is 395. The highest BCUT2D eigenvalue weighted by Gasteiger charge is 2.23. The number of piperidine rings is 1. The predicted molar refractivity (Wildman–Crippen MR) is 62.6 cm³/mol. The lowest BCUT2D eigenvalue weighted by Gasteiger charge is -2.37. The number of rotatable bonds is 2. The largest absolute Gasteiger partial charge is 0.756 e. The van der Waals surface area contributed by atoms with Crippen molar-refractivity contribution in [1.82, 2.24) is 5.06 Å². The maximum Gasteiger partial charge on any atom is 0.234 e. The summed E-state index contributed by atoms with van der Waals surface area (Å²) in [6, 6.07) is 6.73. The highest BCUT2D eigenvalue weighted by atomic mass is 16.5. The fourth-order valence-corrected chi connectivity index (χ4v) is 1.81. The van der Waals surface area contributed by atoms with Gasteiger partial charge in [0.15, 0.2) is 0 Å². The molecule has 5 nitrogen and oxygen atoms in total. The van der Waals surface area contributed by atoms with Crippen molar-refractivity contribution in [3.05, 3.63) is 29.5 Å². The van der Waals surface area contributed by atoms with Crippen LogP contribution in [0.1, 0.15) is 12.8 Å². The molecular formula is C11H14N3O2-. The van der Waals surface area contributed by atoms with Gasteiger partial charge in [0.2, 0.25) is 5.91 Å². The van der Waals surface area contributed by atoms with Crippen molar-refractivity contribution in [3.8, 4) is 0 Å². The summed E-state index contributed by atoms with van der Waals surface area (Å²) in [6.07, 6.45) is 1.42. The van der Waals surface area contributed by atoms with Crippen molar-refractivity contribution in [1.29, 1.82) is 0 Å². The topological polar surface area (TPSA) is 81.4 Å². The number of hydroxylamine groups is 2. The lowest BCUT2D eigenvalue weighted by Crippen LogP contribution is -2.44. The fourth-order valence-electron chi connectivity index (χ4n) is 1.81. The van der Waals surface area contributed by atoms with E-state index in [0.29, 0.717) is 23.7 Å². The molecule has 3 N–H and O–H groups in total. The van der Waals surface area contributed by atoms with Crippen LogP contribution in [0.15, 0.2) is 24.3 Å². The Morgan fingerprint density at radius 3 is 3.06 bits per heavy atom. The number of nitrogens with one attached hydrogen (secondary N) is 1. The first-order chi connectivity index (χ1) is 7.66. The first-order valence-corrected chi connectivity index (χ1v) is 5.27. The maximum atomic E-state index is 11.5. The van der Waals surface area contributed by atoms with E-state index in [1.54, 1.807) is 18.2 Å². The molecule has 1 fully saturated rings. The SMILES string of the molecule is Nc1cccc(NC2CCCN([O-])C2=O)c1. The van der Waals surface area contributed by atoms with E-state index >= 15 is 0 Å². The molecule has 0 saturated carbocycles. The van der Waals surface area contributed by atoms with E-state index in [9.17, 15) is 10.0 Å². The summed E-state index contributed by atoms with van der Waals surface area (Å²) in [6.45, 7) is 0.300. The standard InChI is InChI=1S/C11H14N3O2/c12-8-3-1-4-9(7-8)13-10-5-2-6-14(16)11(10)15/h1,3-4,7,10,13H,2,5-6,12H2/q-1. The quantitative estimate of drug-likeness (QED) is 0.733. The van der Waals surface area contributed by atoms with Crippen LogP contribution in [0, 0.1) is 5.21 Å². The summed E-state index contributed by atoms with van der Waals surface area (Å²) in [5.41, 5.74) is 7.03. The zero-order valence-electron chi connectivity index (χ0n) is 8.85. The van der Waals surface area contributed by atoms with Crippen molar-refractivity contribution in [2.24, 2.45) is 0 Å². The number of hydrogen-bond acceptors (Lipinski definition) is 4. The van der Waals surface area contributed by atoms with Crippen LogP contribution in [0.4, 0.5) is 11.4 Å². The molecule has 0 bridgehead atoms. The van der Waals surface area contributed by atoms with Crippen LogP contribution < -0.4 is 11.1 Å². The summed E-state index contributed by atoms with van der Waals surface area (Å²) in [5, 5.41) is 14.7. The molecule has 1 saturated heterocycles. The Morgan fingerprint density at radius 1 is 1.50 bits per heavy atom. The average molecular weight is 220 g/mol. The van der Waals surface area contributed by atoms with Gasteiger partial charge in [-0.2, -0.15) is 0 Å². The number of carbonyl (C=O) groups is 1. The maximum absolute atomic E-state index is 11.5. The highest BCUT2D eigenvalue weighted by molar-refractivity contribution is 5.85. The van der Waals surface area contributed by atoms with Crippen molar-refractivity contribution >= 4 is 17.3 Å².